The van der Waals surface area contributed by atoms with Gasteiger partial charge in [0.05, 0.1) is 20.6 Å². The van der Waals surface area contributed by atoms with Crippen LogP contribution in [0.2, 0.25) is 0 Å². The lowest BCUT2D eigenvalue weighted by Crippen LogP contribution is -2.75. The Kier molecular flexibility index (Phi) is 15.2. The van der Waals surface area contributed by atoms with Crippen molar-refractivity contribution in [2.45, 2.75) is 92.9 Å². The van der Waals surface area contributed by atoms with Gasteiger partial charge in [-0.05, 0) is 19.8 Å². The second kappa shape index (κ2) is 15.2. The summed E-state index contributed by atoms with van der Waals surface area (Å²) in [5, 5.41) is -7.95. The van der Waals surface area contributed by atoms with Gasteiger partial charge < -0.3 is 13.8 Å². The average molecular weight is 756 g/mol. The van der Waals surface area contributed by atoms with Crippen LogP contribution in [0, 0.1) is 0 Å². The van der Waals surface area contributed by atoms with Gasteiger partial charge in [-0.25, -0.2) is 13.2 Å². The van der Waals surface area contributed by atoms with E-state index in [0.717, 1.165) is 17.6 Å². The first-order chi connectivity index (χ1) is 20.4. The van der Waals surface area contributed by atoms with E-state index < -0.39 is 57.1 Å². The summed E-state index contributed by atoms with van der Waals surface area (Å²) < 4.78 is 250. The molecule has 0 fully saturated rings. The first-order valence-electron chi connectivity index (χ1n) is 12.7. The number of carbonyl (C=O) groups excluding carboxylic acids is 1. The van der Waals surface area contributed by atoms with Crippen molar-refractivity contribution in [3.05, 3.63) is 12.2 Å². The van der Waals surface area contributed by atoms with Crippen molar-refractivity contribution >= 4 is 16.1 Å². The summed E-state index contributed by atoms with van der Waals surface area (Å²) in [6.07, 6.45) is -1.38. The fourth-order valence-corrected chi connectivity index (χ4v) is 3.51. The summed E-state index contributed by atoms with van der Waals surface area (Å²) in [5.41, 5.74) is 0.472. The van der Waals surface area contributed by atoms with Crippen molar-refractivity contribution in [2.24, 2.45) is 0 Å². The second-order valence-electron chi connectivity index (χ2n) is 10.6. The van der Waals surface area contributed by atoms with Crippen LogP contribution in [-0.2, 0) is 19.6 Å². The summed E-state index contributed by atoms with van der Waals surface area (Å²) in [6, 6.07) is 0. The summed E-state index contributed by atoms with van der Waals surface area (Å²) >= 11 is 0. The molecule has 24 heteroatoms. The van der Waals surface area contributed by atoms with Crippen molar-refractivity contribution in [3.63, 3.8) is 0 Å². The molecule has 0 heterocycles. The average Bonchev–Trinajstić information content (AvgIpc) is 2.86. The maximum absolute atomic E-state index is 13.0. The minimum Gasteiger partial charge on any atom is -0.743 e. The molecule has 0 spiro atoms. The van der Waals surface area contributed by atoms with Crippen LogP contribution < -0.4 is 0 Å². The van der Waals surface area contributed by atoms with Gasteiger partial charge in [0.2, 0.25) is 0 Å². The Bertz CT molecular complexity index is 1170. The van der Waals surface area contributed by atoms with Gasteiger partial charge >= 0.3 is 52.9 Å². The van der Waals surface area contributed by atoms with E-state index in [9.17, 15) is 92.4 Å². The van der Waals surface area contributed by atoms with E-state index in [4.69, 9.17) is 4.74 Å². The fourth-order valence-electron chi connectivity index (χ4n) is 3.07. The minimum atomic E-state index is -8.92. The monoisotopic (exact) mass is 755 g/mol. The molecule has 0 unspecified atom stereocenters. The molecule has 0 aliphatic rings. The van der Waals surface area contributed by atoms with E-state index in [1.165, 1.54) is 32.1 Å². The summed E-state index contributed by atoms with van der Waals surface area (Å²) in [6.45, 7) is 9.97. The van der Waals surface area contributed by atoms with Gasteiger partial charge in [-0.3, -0.25) is 0 Å². The zero-order valence-electron chi connectivity index (χ0n) is 24.7. The highest BCUT2D eigenvalue weighted by Crippen LogP contribution is 2.64. The summed E-state index contributed by atoms with van der Waals surface area (Å²) in [7, 11) is -3.77. The molecule has 6 nitrogen and oxygen atoms in total. The lowest BCUT2D eigenvalue weighted by atomic mass is 9.91. The van der Waals surface area contributed by atoms with Crippen molar-refractivity contribution in [1.29, 1.82) is 0 Å². The zero-order valence-corrected chi connectivity index (χ0v) is 25.5. The third-order valence-electron chi connectivity index (χ3n) is 6.15. The third kappa shape index (κ3) is 9.75. The normalized spacial score (nSPS) is 14.8. The topological polar surface area (TPSA) is 83.5 Å². The number of unbranched alkanes of at least 4 members (excludes halogenated alkanes) is 4. The first kappa shape index (κ1) is 47.0. The van der Waals surface area contributed by atoms with Gasteiger partial charge in [0.25, 0.3) is 0 Å². The molecule has 0 N–H and O–H groups in total. The van der Waals surface area contributed by atoms with Crippen LogP contribution in [0.25, 0.3) is 0 Å². The Hall–Kier alpha value is -2.11. The quantitative estimate of drug-likeness (QED) is 0.0381. The molecule has 0 bridgehead atoms. The van der Waals surface area contributed by atoms with Crippen molar-refractivity contribution in [3.8, 4) is 0 Å². The van der Waals surface area contributed by atoms with E-state index in [-0.39, 0.29) is 5.97 Å². The molecule has 0 aromatic carbocycles. The number of ether oxygens (including phenoxy) is 1. The number of hydrogen-bond acceptors (Lipinski definition) is 5. The number of hydrogen-bond donors (Lipinski definition) is 0. The molecule has 0 amide bonds. The van der Waals surface area contributed by atoms with Crippen LogP contribution >= 0.6 is 0 Å². The van der Waals surface area contributed by atoms with E-state index in [1.54, 1.807) is 6.92 Å². The Labute approximate surface area is 257 Å². The van der Waals surface area contributed by atoms with Crippen LogP contribution in [0.15, 0.2) is 12.2 Å². The van der Waals surface area contributed by atoms with E-state index in [1.807, 2.05) is 0 Å². The Morgan fingerprint density at radius 3 is 1.36 bits per heavy atom. The maximum Gasteiger partial charge on any atom is 0.460 e. The second-order valence-corrected chi connectivity index (χ2v) is 12.0. The number of carbonyl (C=O) groups is 1. The SMILES string of the molecule is C=C(C)C(=O)OCC[N+](C)(C)CCCCCCC.O=S(=O)([O-])C(F)(F)C(F)(F)C(F)(F)C(F)(F)C(F)(F)C(F)(F)C(F)(F)C(F)(F)F. The van der Waals surface area contributed by atoms with Crippen molar-refractivity contribution < 1.29 is 102 Å². The Balaban J connectivity index is 0. The van der Waals surface area contributed by atoms with Crippen molar-refractivity contribution in [1.82, 2.24) is 0 Å². The number of likely N-dealkylation sites (N-methyl/N-ethyl adjacent to an activating group) is 1. The number of rotatable bonds is 17. The standard InChI is InChI=1S/C15H30NO2.C8HF17O3S/c1-6-7-8-9-10-11-16(4,5)12-13-18-15(17)14(2)3;9-1(10,3(13,14)5(17,18)7(21,22)23)2(11,12)4(15,16)6(19,20)8(24,25)29(26,27)28/h2,6-13H2,1,3-5H3;(H,26,27,28)/q+1;/p-1. The molecule has 0 saturated heterocycles. The molecule has 0 aliphatic carbocycles. The van der Waals surface area contributed by atoms with Gasteiger partial charge in [-0.15, -0.1) is 0 Å². The minimum absolute atomic E-state index is 0.280. The predicted molar refractivity (Wildman–Crippen MR) is 127 cm³/mol. The smallest absolute Gasteiger partial charge is 0.460 e. The maximum atomic E-state index is 13.0. The predicted octanol–water partition coefficient (Wildman–Crippen LogP) is 7.65. The fraction of sp³-hybridized carbons (Fsp3) is 0.870. The van der Waals surface area contributed by atoms with Gasteiger partial charge in [0, 0.05) is 5.57 Å². The van der Waals surface area contributed by atoms with Gasteiger partial charge in [-0.1, -0.05) is 32.8 Å². The van der Waals surface area contributed by atoms with Gasteiger partial charge in [0.1, 0.15) is 13.2 Å². The number of alkyl halides is 17. The molecular formula is C23H30F17NO5S. The molecule has 0 atom stereocenters. The van der Waals surface area contributed by atoms with Crippen LogP contribution in [0.3, 0.4) is 0 Å². The van der Waals surface area contributed by atoms with Gasteiger partial charge in [0.15, 0.2) is 10.1 Å². The number of quaternary nitrogens is 1. The molecule has 0 radical (unpaired) electrons. The van der Waals surface area contributed by atoms with Crippen LogP contribution in [0.5, 0.6) is 0 Å². The molecule has 0 aliphatic heterocycles. The highest BCUT2D eigenvalue weighted by molar-refractivity contribution is 7.86. The number of halogens is 17. The molecular weight excluding hydrogens is 725 g/mol. The molecule has 47 heavy (non-hydrogen) atoms. The molecule has 0 saturated carbocycles. The van der Waals surface area contributed by atoms with E-state index in [0.29, 0.717) is 12.2 Å². The van der Waals surface area contributed by atoms with Crippen LogP contribution in [0.4, 0.5) is 74.6 Å². The van der Waals surface area contributed by atoms with Crippen molar-refractivity contribution in [2.75, 3.05) is 33.8 Å². The number of nitrogens with zero attached hydrogens (tertiary/aromatic N) is 1. The molecule has 0 rings (SSSR count). The number of esters is 1. The highest BCUT2D eigenvalue weighted by Gasteiger charge is 2.95. The molecule has 0 aromatic heterocycles. The Morgan fingerprint density at radius 2 is 1.02 bits per heavy atom. The largest absolute Gasteiger partial charge is 0.743 e. The third-order valence-corrected chi connectivity index (χ3v) is 7.04. The van der Waals surface area contributed by atoms with E-state index in [2.05, 4.69) is 27.6 Å². The highest BCUT2D eigenvalue weighted by atomic mass is 32.2. The zero-order chi connectivity index (χ0) is 38.5. The Morgan fingerprint density at radius 1 is 0.660 bits per heavy atom. The van der Waals surface area contributed by atoms with Crippen LogP contribution in [0.1, 0.15) is 46.0 Å². The summed E-state index contributed by atoms with van der Waals surface area (Å²) in [5.74, 6) is -52.4. The van der Waals surface area contributed by atoms with Crippen LogP contribution in [-0.4, -0.2) is 104 Å². The lowest BCUT2D eigenvalue weighted by Gasteiger charge is -2.42. The van der Waals surface area contributed by atoms with Gasteiger partial charge in [-0.2, -0.15) is 74.6 Å². The lowest BCUT2D eigenvalue weighted by molar-refractivity contribution is -0.890. The first-order valence-corrected chi connectivity index (χ1v) is 14.1. The summed E-state index contributed by atoms with van der Waals surface area (Å²) in [4.78, 5) is 11.2. The molecule has 0 aromatic rings. The van der Waals surface area contributed by atoms with E-state index >= 15 is 0 Å². The molecule has 282 valence electrons.